The maximum Gasteiger partial charge on any atom is 0.120 e. The number of hydrogen-bond donors (Lipinski definition) is 1. The standard InChI is InChI=1S/C18H29NO/c1-5-18(19-4)15-7-6-8-16(12-15)20-17-10-13(2)9-14(3)11-17/h6-8,12-14,17-19H,5,9-11H2,1-4H3. The lowest BCUT2D eigenvalue weighted by atomic mass is 9.82. The van der Waals surface area contributed by atoms with Gasteiger partial charge in [-0.2, -0.15) is 0 Å². The topological polar surface area (TPSA) is 21.3 Å². The molecule has 1 saturated carbocycles. The predicted molar refractivity (Wildman–Crippen MR) is 85.1 cm³/mol. The van der Waals surface area contributed by atoms with Crippen LogP contribution in [0.5, 0.6) is 5.75 Å². The van der Waals surface area contributed by atoms with Crippen LogP contribution in [0.15, 0.2) is 24.3 Å². The van der Waals surface area contributed by atoms with Crippen LogP contribution in [0.1, 0.15) is 58.1 Å². The highest BCUT2D eigenvalue weighted by Gasteiger charge is 2.25. The van der Waals surface area contributed by atoms with E-state index in [1.165, 1.54) is 24.8 Å². The Bertz CT molecular complexity index is 404. The average molecular weight is 275 g/mol. The lowest BCUT2D eigenvalue weighted by Gasteiger charge is -2.31. The normalized spacial score (nSPS) is 28.1. The van der Waals surface area contributed by atoms with Crippen LogP contribution >= 0.6 is 0 Å². The summed E-state index contributed by atoms with van der Waals surface area (Å²) in [5.74, 6) is 2.60. The van der Waals surface area contributed by atoms with E-state index in [-0.39, 0.29) is 0 Å². The summed E-state index contributed by atoms with van der Waals surface area (Å²) in [4.78, 5) is 0. The lowest BCUT2D eigenvalue weighted by Crippen LogP contribution is -2.28. The molecule has 0 heterocycles. The fourth-order valence-corrected chi connectivity index (χ4v) is 3.57. The second-order valence-electron chi connectivity index (χ2n) is 6.48. The summed E-state index contributed by atoms with van der Waals surface area (Å²) < 4.78 is 6.25. The largest absolute Gasteiger partial charge is 0.490 e. The summed E-state index contributed by atoms with van der Waals surface area (Å²) in [6.45, 7) is 6.90. The number of nitrogens with one attached hydrogen (secondary N) is 1. The first-order chi connectivity index (χ1) is 9.62. The van der Waals surface area contributed by atoms with Gasteiger partial charge in [0, 0.05) is 6.04 Å². The van der Waals surface area contributed by atoms with Crippen molar-refractivity contribution in [1.29, 1.82) is 0 Å². The molecule has 1 aliphatic rings. The van der Waals surface area contributed by atoms with E-state index in [4.69, 9.17) is 4.74 Å². The minimum Gasteiger partial charge on any atom is -0.490 e. The molecule has 2 nitrogen and oxygen atoms in total. The molecule has 0 bridgehead atoms. The highest BCUT2D eigenvalue weighted by Crippen LogP contribution is 2.32. The van der Waals surface area contributed by atoms with Gasteiger partial charge in [0.1, 0.15) is 5.75 Å². The molecule has 0 spiro atoms. The minimum absolute atomic E-state index is 0.388. The van der Waals surface area contributed by atoms with Crippen LogP contribution in [-0.2, 0) is 0 Å². The van der Waals surface area contributed by atoms with E-state index in [2.05, 4.69) is 50.4 Å². The van der Waals surface area contributed by atoms with E-state index in [9.17, 15) is 0 Å². The second kappa shape index (κ2) is 7.12. The van der Waals surface area contributed by atoms with Crippen molar-refractivity contribution in [3.05, 3.63) is 29.8 Å². The van der Waals surface area contributed by atoms with E-state index in [1.54, 1.807) is 0 Å². The Hall–Kier alpha value is -1.02. The van der Waals surface area contributed by atoms with Gasteiger partial charge in [0.15, 0.2) is 0 Å². The molecule has 1 N–H and O–H groups in total. The molecule has 0 saturated heterocycles. The highest BCUT2D eigenvalue weighted by atomic mass is 16.5. The molecule has 0 amide bonds. The molecular weight excluding hydrogens is 246 g/mol. The Morgan fingerprint density at radius 2 is 1.90 bits per heavy atom. The maximum absolute atomic E-state index is 6.25. The van der Waals surface area contributed by atoms with E-state index >= 15 is 0 Å². The van der Waals surface area contributed by atoms with Gasteiger partial charge < -0.3 is 10.1 Å². The molecule has 1 aliphatic carbocycles. The molecule has 3 atom stereocenters. The lowest BCUT2D eigenvalue weighted by molar-refractivity contribution is 0.101. The molecule has 1 aromatic carbocycles. The molecule has 1 aromatic rings. The van der Waals surface area contributed by atoms with Crippen LogP contribution in [-0.4, -0.2) is 13.2 Å². The summed E-state index contributed by atoms with van der Waals surface area (Å²) in [5.41, 5.74) is 1.32. The Morgan fingerprint density at radius 3 is 2.50 bits per heavy atom. The summed E-state index contributed by atoms with van der Waals surface area (Å²) in [5, 5.41) is 3.36. The van der Waals surface area contributed by atoms with Crippen LogP contribution in [0, 0.1) is 11.8 Å². The van der Waals surface area contributed by atoms with Crippen LogP contribution in [0.3, 0.4) is 0 Å². The van der Waals surface area contributed by atoms with Crippen molar-refractivity contribution >= 4 is 0 Å². The van der Waals surface area contributed by atoms with Gasteiger partial charge in [-0.1, -0.05) is 32.9 Å². The van der Waals surface area contributed by atoms with Gasteiger partial charge in [0.05, 0.1) is 6.10 Å². The Kier molecular flexibility index (Phi) is 5.47. The van der Waals surface area contributed by atoms with Gasteiger partial charge >= 0.3 is 0 Å². The quantitative estimate of drug-likeness (QED) is 0.850. The first-order valence-corrected chi connectivity index (χ1v) is 8.06. The first-order valence-electron chi connectivity index (χ1n) is 8.06. The molecular formula is C18H29NO. The fourth-order valence-electron chi connectivity index (χ4n) is 3.57. The zero-order valence-electron chi connectivity index (χ0n) is 13.4. The minimum atomic E-state index is 0.388. The number of hydrogen-bond acceptors (Lipinski definition) is 2. The average Bonchev–Trinajstić information content (AvgIpc) is 2.39. The van der Waals surface area contributed by atoms with Crippen molar-refractivity contribution < 1.29 is 4.74 Å². The van der Waals surface area contributed by atoms with Crippen LogP contribution in [0.25, 0.3) is 0 Å². The molecule has 0 aromatic heterocycles. The smallest absolute Gasteiger partial charge is 0.120 e. The molecule has 2 rings (SSSR count). The van der Waals surface area contributed by atoms with E-state index in [0.29, 0.717) is 12.1 Å². The molecule has 0 aliphatic heterocycles. The number of rotatable bonds is 5. The fraction of sp³-hybridized carbons (Fsp3) is 0.667. The van der Waals surface area contributed by atoms with E-state index in [0.717, 1.165) is 24.0 Å². The van der Waals surface area contributed by atoms with E-state index in [1.807, 2.05) is 7.05 Å². The van der Waals surface area contributed by atoms with Gasteiger partial charge in [0.25, 0.3) is 0 Å². The summed E-state index contributed by atoms with van der Waals surface area (Å²) >= 11 is 0. The van der Waals surface area contributed by atoms with Crippen molar-refractivity contribution in [3.8, 4) is 5.75 Å². The third-order valence-corrected chi connectivity index (χ3v) is 4.46. The summed E-state index contributed by atoms with van der Waals surface area (Å²) in [6, 6.07) is 9.01. The number of benzene rings is 1. The van der Waals surface area contributed by atoms with Crippen molar-refractivity contribution in [1.82, 2.24) is 5.32 Å². The Labute approximate surface area is 123 Å². The monoisotopic (exact) mass is 275 g/mol. The zero-order valence-corrected chi connectivity index (χ0v) is 13.4. The Morgan fingerprint density at radius 1 is 1.20 bits per heavy atom. The summed E-state index contributed by atoms with van der Waals surface area (Å²) in [6.07, 6.45) is 5.21. The van der Waals surface area contributed by atoms with Crippen molar-refractivity contribution in [2.75, 3.05) is 7.05 Å². The van der Waals surface area contributed by atoms with E-state index < -0.39 is 0 Å². The van der Waals surface area contributed by atoms with Gasteiger partial charge in [-0.25, -0.2) is 0 Å². The molecule has 0 radical (unpaired) electrons. The van der Waals surface area contributed by atoms with Crippen molar-refractivity contribution in [2.24, 2.45) is 11.8 Å². The molecule has 2 heteroatoms. The third kappa shape index (κ3) is 3.99. The molecule has 1 fully saturated rings. The SMILES string of the molecule is CCC(NC)c1cccc(OC2CC(C)CC(C)C2)c1. The van der Waals surface area contributed by atoms with Crippen molar-refractivity contribution in [3.63, 3.8) is 0 Å². The predicted octanol–water partition coefficient (Wildman–Crippen LogP) is 4.56. The highest BCUT2D eigenvalue weighted by molar-refractivity contribution is 5.30. The van der Waals surface area contributed by atoms with Crippen molar-refractivity contribution in [2.45, 2.75) is 58.6 Å². The van der Waals surface area contributed by atoms with Gasteiger partial charge in [-0.15, -0.1) is 0 Å². The molecule has 3 unspecified atom stereocenters. The van der Waals surface area contributed by atoms with Gasteiger partial charge in [-0.05, 0) is 62.3 Å². The third-order valence-electron chi connectivity index (χ3n) is 4.46. The second-order valence-corrected chi connectivity index (χ2v) is 6.48. The van der Waals surface area contributed by atoms with Gasteiger partial charge in [0.2, 0.25) is 0 Å². The first kappa shape index (κ1) is 15.4. The van der Waals surface area contributed by atoms with Gasteiger partial charge in [-0.3, -0.25) is 0 Å². The zero-order chi connectivity index (χ0) is 14.5. The van der Waals surface area contributed by atoms with Crippen LogP contribution < -0.4 is 10.1 Å². The van der Waals surface area contributed by atoms with Crippen LogP contribution in [0.4, 0.5) is 0 Å². The van der Waals surface area contributed by atoms with Crippen LogP contribution in [0.2, 0.25) is 0 Å². The summed E-state index contributed by atoms with van der Waals surface area (Å²) in [7, 11) is 2.02. The maximum atomic E-state index is 6.25. The number of ether oxygens (including phenoxy) is 1. The Balaban J connectivity index is 2.04. The molecule has 20 heavy (non-hydrogen) atoms. The molecule has 112 valence electrons.